The van der Waals surface area contributed by atoms with E-state index in [0.29, 0.717) is 12.5 Å². The Labute approximate surface area is 63.4 Å². The summed E-state index contributed by atoms with van der Waals surface area (Å²) in [5, 5.41) is 9.02. The fourth-order valence-electron chi connectivity index (χ4n) is 1.22. The molecule has 2 heteroatoms. The van der Waals surface area contributed by atoms with Gasteiger partial charge in [0.2, 0.25) is 0 Å². The summed E-state index contributed by atoms with van der Waals surface area (Å²) in [6.07, 6.45) is 2.96. The molecule has 0 saturated heterocycles. The molecule has 0 aromatic heterocycles. The minimum Gasteiger partial charge on any atom is -0.393 e. The summed E-state index contributed by atoms with van der Waals surface area (Å²) in [6.45, 7) is 4.67. The lowest BCUT2D eigenvalue weighted by molar-refractivity contribution is 0.159. The lowest BCUT2D eigenvalue weighted by atomic mass is 9.97. The molecule has 0 aliphatic carbocycles. The maximum atomic E-state index is 9.02. The van der Waals surface area contributed by atoms with Crippen LogP contribution in [0, 0.1) is 5.92 Å². The minimum atomic E-state index is -0.194. The summed E-state index contributed by atoms with van der Waals surface area (Å²) in [5.74, 6) is 0.519. The molecule has 2 atom stereocenters. The zero-order valence-corrected chi connectivity index (χ0v) is 7.01. The smallest absolute Gasteiger partial charge is 0.0515 e. The summed E-state index contributed by atoms with van der Waals surface area (Å²) in [7, 11) is 0. The molecule has 0 rings (SSSR count). The van der Waals surface area contributed by atoms with Gasteiger partial charge >= 0.3 is 0 Å². The molecule has 0 aliphatic rings. The predicted octanol–water partition coefficient (Wildman–Crippen LogP) is 1.13. The van der Waals surface area contributed by atoms with Crippen LogP contribution in [0.15, 0.2) is 0 Å². The Morgan fingerprint density at radius 2 is 2.10 bits per heavy atom. The Hall–Kier alpha value is -0.0800. The first-order valence-corrected chi connectivity index (χ1v) is 4.08. The van der Waals surface area contributed by atoms with Crippen LogP contribution in [0.5, 0.6) is 0 Å². The van der Waals surface area contributed by atoms with E-state index in [9.17, 15) is 0 Å². The molecule has 0 heterocycles. The van der Waals surface area contributed by atoms with Gasteiger partial charge in [-0.05, 0) is 32.2 Å². The lowest BCUT2D eigenvalue weighted by Crippen LogP contribution is -2.18. The highest BCUT2D eigenvalue weighted by Gasteiger charge is 2.07. The van der Waals surface area contributed by atoms with Gasteiger partial charge in [0.25, 0.3) is 0 Å². The van der Waals surface area contributed by atoms with Gasteiger partial charge in [0.1, 0.15) is 0 Å². The van der Waals surface area contributed by atoms with Crippen molar-refractivity contribution in [2.24, 2.45) is 11.7 Å². The van der Waals surface area contributed by atoms with Crippen LogP contribution in [-0.2, 0) is 0 Å². The van der Waals surface area contributed by atoms with Crippen molar-refractivity contribution in [3.63, 3.8) is 0 Å². The van der Waals surface area contributed by atoms with E-state index < -0.39 is 0 Å². The van der Waals surface area contributed by atoms with Crippen molar-refractivity contribution in [3.8, 4) is 0 Å². The zero-order chi connectivity index (χ0) is 7.98. The van der Waals surface area contributed by atoms with Crippen molar-refractivity contribution >= 4 is 0 Å². The Bertz CT molecular complexity index is 73.7. The van der Waals surface area contributed by atoms with Crippen molar-refractivity contribution in [1.82, 2.24) is 0 Å². The molecule has 0 saturated carbocycles. The van der Waals surface area contributed by atoms with Crippen molar-refractivity contribution in [3.05, 3.63) is 0 Å². The molecule has 0 spiro atoms. The number of hydrogen-bond donors (Lipinski definition) is 2. The van der Waals surface area contributed by atoms with Gasteiger partial charge in [-0.1, -0.05) is 13.3 Å². The highest BCUT2D eigenvalue weighted by Crippen LogP contribution is 2.11. The number of aliphatic hydroxyl groups is 1. The van der Waals surface area contributed by atoms with Crippen molar-refractivity contribution < 1.29 is 5.11 Å². The van der Waals surface area contributed by atoms with Gasteiger partial charge < -0.3 is 10.8 Å². The van der Waals surface area contributed by atoms with E-state index in [2.05, 4.69) is 6.92 Å². The van der Waals surface area contributed by atoms with E-state index in [1.165, 1.54) is 0 Å². The largest absolute Gasteiger partial charge is 0.393 e. The Morgan fingerprint density at radius 3 is 2.40 bits per heavy atom. The number of nitrogens with two attached hydrogens (primary N) is 1. The SMILES string of the molecule is CCCC(CN)CC(C)O. The molecule has 2 unspecified atom stereocenters. The van der Waals surface area contributed by atoms with Crippen molar-refractivity contribution in [2.45, 2.75) is 39.2 Å². The highest BCUT2D eigenvalue weighted by atomic mass is 16.3. The van der Waals surface area contributed by atoms with E-state index in [-0.39, 0.29) is 6.10 Å². The number of hydrogen-bond acceptors (Lipinski definition) is 2. The summed E-state index contributed by atoms with van der Waals surface area (Å²) in [5.41, 5.74) is 5.50. The second kappa shape index (κ2) is 5.69. The fraction of sp³-hybridized carbons (Fsp3) is 1.00. The van der Waals surface area contributed by atoms with Crippen LogP contribution >= 0.6 is 0 Å². The molecule has 10 heavy (non-hydrogen) atoms. The fourth-order valence-corrected chi connectivity index (χ4v) is 1.22. The molecule has 62 valence electrons. The van der Waals surface area contributed by atoms with Crippen LogP contribution in [0.2, 0.25) is 0 Å². The Kier molecular flexibility index (Phi) is 5.64. The molecule has 0 bridgehead atoms. The normalized spacial score (nSPS) is 16.8. The maximum absolute atomic E-state index is 9.02. The Balaban J connectivity index is 3.39. The molecule has 2 nitrogen and oxygen atoms in total. The van der Waals surface area contributed by atoms with E-state index in [1.807, 2.05) is 6.92 Å². The molecule has 0 amide bonds. The summed E-state index contributed by atoms with van der Waals surface area (Å²) >= 11 is 0. The molecule has 0 aliphatic heterocycles. The molecule has 0 aromatic rings. The highest BCUT2D eigenvalue weighted by molar-refractivity contribution is 4.62. The van der Waals surface area contributed by atoms with Crippen LogP contribution < -0.4 is 5.73 Å². The van der Waals surface area contributed by atoms with Gasteiger partial charge in [-0.15, -0.1) is 0 Å². The molecule has 0 aromatic carbocycles. The van der Waals surface area contributed by atoms with Crippen LogP contribution in [0.4, 0.5) is 0 Å². The molecular weight excluding hydrogens is 126 g/mol. The number of rotatable bonds is 5. The molecule has 0 fully saturated rings. The van der Waals surface area contributed by atoms with E-state index in [4.69, 9.17) is 10.8 Å². The number of aliphatic hydroxyl groups excluding tert-OH is 1. The van der Waals surface area contributed by atoms with Crippen molar-refractivity contribution in [1.29, 1.82) is 0 Å². The van der Waals surface area contributed by atoms with Gasteiger partial charge in [-0.2, -0.15) is 0 Å². The van der Waals surface area contributed by atoms with Gasteiger partial charge in [-0.25, -0.2) is 0 Å². The first kappa shape index (κ1) is 9.92. The van der Waals surface area contributed by atoms with Crippen LogP contribution in [0.1, 0.15) is 33.1 Å². The maximum Gasteiger partial charge on any atom is 0.0515 e. The van der Waals surface area contributed by atoms with Gasteiger partial charge in [0, 0.05) is 0 Å². The van der Waals surface area contributed by atoms with E-state index in [1.54, 1.807) is 0 Å². The Morgan fingerprint density at radius 1 is 1.50 bits per heavy atom. The lowest BCUT2D eigenvalue weighted by Gasteiger charge is -2.14. The first-order chi connectivity index (χ1) is 4.70. The van der Waals surface area contributed by atoms with Gasteiger partial charge in [0.05, 0.1) is 6.10 Å². The molecule has 0 radical (unpaired) electrons. The average Bonchev–Trinajstić information content (AvgIpc) is 1.86. The minimum absolute atomic E-state index is 0.194. The molecule has 3 N–H and O–H groups in total. The standard InChI is InChI=1S/C8H19NO/c1-3-4-8(6-9)5-7(2)10/h7-8,10H,3-6,9H2,1-2H3. The first-order valence-electron chi connectivity index (χ1n) is 4.08. The van der Waals surface area contributed by atoms with Crippen LogP contribution in [0.25, 0.3) is 0 Å². The van der Waals surface area contributed by atoms with Gasteiger partial charge in [0.15, 0.2) is 0 Å². The third-order valence-electron chi connectivity index (χ3n) is 1.70. The monoisotopic (exact) mass is 145 g/mol. The van der Waals surface area contributed by atoms with Crippen LogP contribution in [0.3, 0.4) is 0 Å². The zero-order valence-electron chi connectivity index (χ0n) is 7.01. The summed E-state index contributed by atoms with van der Waals surface area (Å²) in [6, 6.07) is 0. The second-order valence-electron chi connectivity index (χ2n) is 2.98. The topological polar surface area (TPSA) is 46.2 Å². The van der Waals surface area contributed by atoms with Crippen molar-refractivity contribution in [2.75, 3.05) is 6.54 Å². The van der Waals surface area contributed by atoms with Crippen LogP contribution in [-0.4, -0.2) is 17.8 Å². The summed E-state index contributed by atoms with van der Waals surface area (Å²) < 4.78 is 0. The predicted molar refractivity (Wildman–Crippen MR) is 43.8 cm³/mol. The third-order valence-corrected chi connectivity index (χ3v) is 1.70. The van der Waals surface area contributed by atoms with Gasteiger partial charge in [-0.3, -0.25) is 0 Å². The average molecular weight is 145 g/mol. The quantitative estimate of drug-likeness (QED) is 0.609. The molecular formula is C8H19NO. The van der Waals surface area contributed by atoms with E-state index in [0.717, 1.165) is 19.3 Å². The summed E-state index contributed by atoms with van der Waals surface area (Å²) in [4.78, 5) is 0. The second-order valence-corrected chi connectivity index (χ2v) is 2.98. The third kappa shape index (κ3) is 4.77. The van der Waals surface area contributed by atoms with E-state index >= 15 is 0 Å².